The highest BCUT2D eigenvalue weighted by molar-refractivity contribution is 6.30. The number of aromatic amines is 1. The van der Waals surface area contributed by atoms with Crippen LogP contribution in [-0.2, 0) is 0 Å². The first-order chi connectivity index (χ1) is 15.0. The van der Waals surface area contributed by atoms with Crippen molar-refractivity contribution in [3.8, 4) is 5.69 Å². The number of hydrogen-bond acceptors (Lipinski definition) is 6. The minimum Gasteiger partial charge on any atom is -0.358 e. The standard InChI is InChI=1S/C21H15ClFN7O/c1-11(28-19-17-18(25-9-24-17)26-10-27-19)20-29-15-4-2-3-14(23)16(15)21(31)30(20)13-7-5-12(22)6-8-13/h2-11H,1H3,(H2,24,25,26,27,28)/t11-/m1/s1. The molecule has 2 N–H and O–H groups in total. The van der Waals surface area contributed by atoms with Crippen LogP contribution in [0.4, 0.5) is 10.2 Å². The monoisotopic (exact) mass is 435 g/mol. The van der Waals surface area contributed by atoms with Crippen LogP contribution in [0.15, 0.2) is 59.9 Å². The second-order valence-corrected chi connectivity index (χ2v) is 7.35. The Balaban J connectivity index is 1.71. The largest absolute Gasteiger partial charge is 0.358 e. The van der Waals surface area contributed by atoms with Crippen LogP contribution in [0.2, 0.25) is 5.02 Å². The summed E-state index contributed by atoms with van der Waals surface area (Å²) in [7, 11) is 0. The van der Waals surface area contributed by atoms with Crippen molar-refractivity contribution in [1.82, 2.24) is 29.5 Å². The minimum absolute atomic E-state index is 0.0774. The van der Waals surface area contributed by atoms with Gasteiger partial charge in [-0.15, -0.1) is 0 Å². The van der Waals surface area contributed by atoms with E-state index in [1.165, 1.54) is 29.4 Å². The summed E-state index contributed by atoms with van der Waals surface area (Å²) in [5, 5.41) is 3.69. The van der Waals surface area contributed by atoms with Crippen molar-refractivity contribution in [1.29, 1.82) is 0 Å². The first-order valence-corrected chi connectivity index (χ1v) is 9.78. The van der Waals surface area contributed by atoms with Crippen LogP contribution in [-0.4, -0.2) is 29.5 Å². The van der Waals surface area contributed by atoms with Gasteiger partial charge in [0.2, 0.25) is 0 Å². The fraction of sp³-hybridized carbons (Fsp3) is 0.0952. The third-order valence-electron chi connectivity index (χ3n) is 4.92. The van der Waals surface area contributed by atoms with Gasteiger partial charge in [-0.2, -0.15) is 0 Å². The third kappa shape index (κ3) is 3.28. The molecule has 1 atom stereocenters. The number of nitrogens with zero attached hydrogens (tertiary/aromatic N) is 5. The number of fused-ring (bicyclic) bond motifs is 2. The molecule has 154 valence electrons. The molecule has 5 aromatic rings. The lowest BCUT2D eigenvalue weighted by atomic mass is 10.2. The van der Waals surface area contributed by atoms with E-state index in [1.807, 2.05) is 6.92 Å². The molecule has 8 nitrogen and oxygen atoms in total. The normalized spacial score (nSPS) is 12.4. The quantitative estimate of drug-likeness (QED) is 0.442. The summed E-state index contributed by atoms with van der Waals surface area (Å²) in [6.45, 7) is 1.84. The van der Waals surface area contributed by atoms with E-state index in [-0.39, 0.29) is 10.9 Å². The molecule has 0 aliphatic carbocycles. The van der Waals surface area contributed by atoms with E-state index < -0.39 is 17.4 Å². The molecule has 2 aromatic carbocycles. The zero-order valence-corrected chi connectivity index (χ0v) is 16.9. The summed E-state index contributed by atoms with van der Waals surface area (Å²) < 4.78 is 15.9. The molecule has 0 saturated heterocycles. The van der Waals surface area contributed by atoms with Crippen LogP contribution in [0.3, 0.4) is 0 Å². The lowest BCUT2D eigenvalue weighted by molar-refractivity contribution is 0.635. The van der Waals surface area contributed by atoms with E-state index in [0.29, 0.717) is 33.5 Å². The van der Waals surface area contributed by atoms with Gasteiger partial charge in [-0.3, -0.25) is 9.36 Å². The Hall–Kier alpha value is -3.85. The minimum atomic E-state index is -0.625. The highest BCUT2D eigenvalue weighted by atomic mass is 35.5. The third-order valence-corrected chi connectivity index (χ3v) is 5.17. The van der Waals surface area contributed by atoms with Gasteiger partial charge in [-0.25, -0.2) is 24.3 Å². The Kier molecular flexibility index (Phi) is 4.59. The molecular weight excluding hydrogens is 421 g/mol. The molecule has 0 amide bonds. The lowest BCUT2D eigenvalue weighted by Gasteiger charge is -2.20. The number of anilines is 1. The SMILES string of the molecule is C[C@@H](Nc1ncnc2nc[nH]c12)c1nc2cccc(F)c2c(=O)n1-c1ccc(Cl)cc1. The molecule has 0 unspecified atom stereocenters. The van der Waals surface area contributed by atoms with E-state index in [9.17, 15) is 9.18 Å². The van der Waals surface area contributed by atoms with E-state index in [0.717, 1.165) is 0 Å². The van der Waals surface area contributed by atoms with Crippen LogP contribution in [0, 0.1) is 5.82 Å². The molecule has 31 heavy (non-hydrogen) atoms. The Bertz CT molecular complexity index is 1480. The number of H-pyrrole nitrogens is 1. The van der Waals surface area contributed by atoms with Crippen molar-refractivity contribution in [3.63, 3.8) is 0 Å². The van der Waals surface area contributed by atoms with Gasteiger partial charge in [0.05, 0.1) is 23.6 Å². The molecule has 0 spiro atoms. The summed E-state index contributed by atoms with van der Waals surface area (Å²) in [6, 6.07) is 10.6. The Morgan fingerprint density at radius 1 is 1.13 bits per heavy atom. The van der Waals surface area contributed by atoms with Crippen molar-refractivity contribution >= 4 is 39.5 Å². The molecule has 0 fully saturated rings. The van der Waals surface area contributed by atoms with Crippen molar-refractivity contribution in [2.75, 3.05) is 5.32 Å². The van der Waals surface area contributed by atoms with Crippen LogP contribution in [0.25, 0.3) is 27.8 Å². The van der Waals surface area contributed by atoms with Crippen molar-refractivity contribution in [3.05, 3.63) is 82.1 Å². The first-order valence-electron chi connectivity index (χ1n) is 9.40. The number of rotatable bonds is 4. The van der Waals surface area contributed by atoms with Gasteiger partial charge in [0.15, 0.2) is 11.5 Å². The maximum absolute atomic E-state index is 14.5. The second kappa shape index (κ2) is 7.44. The zero-order valence-electron chi connectivity index (χ0n) is 16.2. The number of aromatic nitrogens is 6. The number of halogens is 2. The summed E-state index contributed by atoms with van der Waals surface area (Å²) in [6.07, 6.45) is 2.92. The topological polar surface area (TPSA) is 101 Å². The summed E-state index contributed by atoms with van der Waals surface area (Å²) in [5.41, 5.74) is 1.41. The molecular formula is C21H15ClFN7O. The van der Waals surface area contributed by atoms with Crippen molar-refractivity contribution < 1.29 is 4.39 Å². The van der Waals surface area contributed by atoms with Crippen LogP contribution < -0.4 is 10.9 Å². The zero-order chi connectivity index (χ0) is 21.5. The molecule has 0 radical (unpaired) electrons. The van der Waals surface area contributed by atoms with Gasteiger partial charge in [-0.05, 0) is 43.3 Å². The summed E-state index contributed by atoms with van der Waals surface area (Å²) in [4.78, 5) is 33.5. The lowest BCUT2D eigenvalue weighted by Crippen LogP contribution is -2.28. The molecule has 0 saturated carbocycles. The Morgan fingerprint density at radius 3 is 2.74 bits per heavy atom. The fourth-order valence-electron chi connectivity index (χ4n) is 3.48. The second-order valence-electron chi connectivity index (χ2n) is 6.91. The van der Waals surface area contributed by atoms with Gasteiger partial charge in [0, 0.05) is 5.02 Å². The fourth-order valence-corrected chi connectivity index (χ4v) is 3.61. The van der Waals surface area contributed by atoms with Gasteiger partial charge < -0.3 is 10.3 Å². The first kappa shape index (κ1) is 19.1. The average molecular weight is 436 g/mol. The van der Waals surface area contributed by atoms with E-state index in [1.54, 1.807) is 30.3 Å². The van der Waals surface area contributed by atoms with Crippen LogP contribution in [0.1, 0.15) is 18.8 Å². The summed E-state index contributed by atoms with van der Waals surface area (Å²) in [5.74, 6) is 0.266. The highest BCUT2D eigenvalue weighted by Crippen LogP contribution is 2.24. The molecule has 0 aliphatic rings. The van der Waals surface area contributed by atoms with Crippen molar-refractivity contribution in [2.24, 2.45) is 0 Å². The van der Waals surface area contributed by atoms with E-state index in [4.69, 9.17) is 11.6 Å². The molecule has 3 heterocycles. The molecule has 5 rings (SSSR count). The summed E-state index contributed by atoms with van der Waals surface area (Å²) >= 11 is 6.01. The predicted octanol–water partition coefficient (Wildman–Crippen LogP) is 4.02. The maximum Gasteiger partial charge on any atom is 0.269 e. The van der Waals surface area contributed by atoms with Crippen LogP contribution >= 0.6 is 11.6 Å². The molecule has 0 aliphatic heterocycles. The molecule has 10 heteroatoms. The predicted molar refractivity (Wildman–Crippen MR) is 116 cm³/mol. The van der Waals surface area contributed by atoms with Crippen molar-refractivity contribution in [2.45, 2.75) is 13.0 Å². The van der Waals surface area contributed by atoms with Gasteiger partial charge in [0.25, 0.3) is 5.56 Å². The van der Waals surface area contributed by atoms with Gasteiger partial charge in [-0.1, -0.05) is 17.7 Å². The molecule has 3 aromatic heterocycles. The number of benzene rings is 2. The number of imidazole rings is 1. The smallest absolute Gasteiger partial charge is 0.269 e. The Labute approximate surface area is 179 Å². The molecule has 0 bridgehead atoms. The Morgan fingerprint density at radius 2 is 1.94 bits per heavy atom. The number of nitrogens with one attached hydrogen (secondary N) is 2. The van der Waals surface area contributed by atoms with E-state index in [2.05, 4.69) is 30.2 Å². The van der Waals surface area contributed by atoms with Crippen LogP contribution in [0.5, 0.6) is 0 Å². The van der Waals surface area contributed by atoms with Gasteiger partial charge in [0.1, 0.15) is 28.9 Å². The average Bonchev–Trinajstić information content (AvgIpc) is 3.24. The maximum atomic E-state index is 14.5. The van der Waals surface area contributed by atoms with E-state index >= 15 is 0 Å². The highest BCUT2D eigenvalue weighted by Gasteiger charge is 2.21. The number of hydrogen-bond donors (Lipinski definition) is 2. The van der Waals surface area contributed by atoms with Gasteiger partial charge >= 0.3 is 0 Å².